The monoisotopic (exact) mass is 416 g/mol. The Morgan fingerprint density at radius 2 is 1.59 bits per heavy atom. The Balaban J connectivity index is 1.70. The number of ether oxygens (including phenoxy) is 4. The van der Waals surface area contributed by atoms with E-state index >= 15 is 0 Å². The number of aromatic nitrogens is 2. The highest BCUT2D eigenvalue weighted by Gasteiger charge is 2.15. The maximum Gasteiger partial charge on any atom is 0.277 e. The zero-order valence-corrected chi connectivity index (χ0v) is 17.2. The van der Waals surface area contributed by atoms with Crippen LogP contribution in [0.5, 0.6) is 23.0 Å². The molecule has 0 spiro atoms. The van der Waals surface area contributed by atoms with Gasteiger partial charge >= 0.3 is 0 Å². The van der Waals surface area contributed by atoms with Crippen molar-refractivity contribution in [2.24, 2.45) is 0 Å². The van der Waals surface area contributed by atoms with Crippen molar-refractivity contribution in [3.8, 4) is 34.5 Å². The molecule has 0 aliphatic rings. The highest BCUT2D eigenvalue weighted by molar-refractivity contribution is 7.99. The molecule has 0 bridgehead atoms. The summed E-state index contributed by atoms with van der Waals surface area (Å²) in [7, 11) is 6.19. The first-order valence-electron chi connectivity index (χ1n) is 8.53. The molecule has 0 radical (unpaired) electrons. The average Bonchev–Trinajstić information content (AvgIpc) is 3.25. The molecule has 1 aromatic heterocycles. The predicted molar refractivity (Wildman–Crippen MR) is 107 cm³/mol. The molecule has 3 aromatic rings. The van der Waals surface area contributed by atoms with E-state index in [1.165, 1.54) is 7.11 Å². The van der Waals surface area contributed by atoms with Crippen LogP contribution >= 0.6 is 11.8 Å². The summed E-state index contributed by atoms with van der Waals surface area (Å²) in [5.74, 6) is 2.62. The van der Waals surface area contributed by atoms with Gasteiger partial charge in [-0.25, -0.2) is 0 Å². The van der Waals surface area contributed by atoms with Gasteiger partial charge in [-0.15, -0.1) is 10.2 Å². The Labute approximate surface area is 172 Å². The largest absolute Gasteiger partial charge is 0.497 e. The van der Waals surface area contributed by atoms with Crippen molar-refractivity contribution in [1.29, 1.82) is 0 Å². The van der Waals surface area contributed by atoms with Crippen LogP contribution in [0.3, 0.4) is 0 Å². The van der Waals surface area contributed by atoms with Crippen molar-refractivity contribution in [3.05, 3.63) is 42.0 Å². The van der Waals surface area contributed by atoms with E-state index in [1.807, 2.05) is 0 Å². The highest BCUT2D eigenvalue weighted by Crippen LogP contribution is 2.31. The Morgan fingerprint density at radius 3 is 2.21 bits per heavy atom. The van der Waals surface area contributed by atoms with E-state index in [1.54, 1.807) is 57.7 Å². The summed E-state index contributed by atoms with van der Waals surface area (Å²) in [6, 6.07) is 10.3. The van der Waals surface area contributed by atoms with E-state index in [-0.39, 0.29) is 16.8 Å². The molecule has 0 atom stereocenters. The zero-order chi connectivity index (χ0) is 20.8. The fourth-order valence-electron chi connectivity index (χ4n) is 2.54. The van der Waals surface area contributed by atoms with Crippen LogP contribution in [0.2, 0.25) is 0 Å². The van der Waals surface area contributed by atoms with Crippen molar-refractivity contribution < 1.29 is 28.2 Å². The first-order chi connectivity index (χ1) is 14.1. The van der Waals surface area contributed by atoms with Gasteiger partial charge in [0, 0.05) is 17.2 Å². The SMILES string of the molecule is COc1cc(OC)cc(-c2nnc(SCC(=O)c3ccc(OC)c(OC)c3)o2)c1. The molecule has 3 rings (SSSR count). The second kappa shape index (κ2) is 9.33. The lowest BCUT2D eigenvalue weighted by atomic mass is 10.1. The quantitative estimate of drug-likeness (QED) is 0.382. The standard InChI is InChI=1S/C20H20N2O6S/c1-24-14-7-13(8-15(10-14)25-2)19-21-22-20(28-19)29-11-16(23)12-5-6-17(26-3)18(9-12)27-4/h5-10H,11H2,1-4H3. The fraction of sp³-hybridized carbons (Fsp3) is 0.250. The lowest BCUT2D eigenvalue weighted by Gasteiger charge is -2.08. The number of carbonyl (C=O) groups excluding carboxylic acids is 1. The number of nitrogens with zero attached hydrogens (tertiary/aromatic N) is 2. The number of ketones is 1. The third-order valence-corrected chi connectivity index (χ3v) is 4.86. The van der Waals surface area contributed by atoms with Gasteiger partial charge in [-0.05, 0) is 30.3 Å². The minimum absolute atomic E-state index is 0.0984. The van der Waals surface area contributed by atoms with Gasteiger partial charge in [0.15, 0.2) is 17.3 Å². The number of benzene rings is 2. The minimum Gasteiger partial charge on any atom is -0.497 e. The van der Waals surface area contributed by atoms with Crippen molar-refractivity contribution >= 4 is 17.5 Å². The van der Waals surface area contributed by atoms with Crippen LogP contribution in [-0.4, -0.2) is 50.2 Å². The maximum absolute atomic E-state index is 12.5. The molecule has 0 saturated carbocycles. The van der Waals surface area contributed by atoms with Crippen LogP contribution in [0.15, 0.2) is 46.0 Å². The highest BCUT2D eigenvalue weighted by atomic mass is 32.2. The lowest BCUT2D eigenvalue weighted by molar-refractivity contribution is 0.102. The van der Waals surface area contributed by atoms with Gasteiger partial charge in [-0.3, -0.25) is 4.79 Å². The summed E-state index contributed by atoms with van der Waals surface area (Å²) in [6.07, 6.45) is 0. The van der Waals surface area contributed by atoms with E-state index in [9.17, 15) is 4.79 Å². The molecular weight excluding hydrogens is 396 g/mol. The van der Waals surface area contributed by atoms with Gasteiger partial charge in [0.05, 0.1) is 34.2 Å². The molecule has 0 N–H and O–H groups in total. The summed E-state index contributed by atoms with van der Waals surface area (Å²) in [5, 5.41) is 8.33. The number of hydrogen-bond acceptors (Lipinski definition) is 9. The van der Waals surface area contributed by atoms with Gasteiger partial charge in [0.2, 0.25) is 5.89 Å². The number of rotatable bonds is 9. The molecule has 29 heavy (non-hydrogen) atoms. The summed E-state index contributed by atoms with van der Waals surface area (Å²) >= 11 is 1.16. The third-order valence-electron chi connectivity index (χ3n) is 4.04. The van der Waals surface area contributed by atoms with Crippen LogP contribution in [0.1, 0.15) is 10.4 Å². The maximum atomic E-state index is 12.5. The van der Waals surface area contributed by atoms with Gasteiger partial charge in [0.1, 0.15) is 11.5 Å². The van der Waals surface area contributed by atoms with E-state index in [0.29, 0.717) is 40.0 Å². The summed E-state index contributed by atoms with van der Waals surface area (Å²) in [5.41, 5.74) is 1.17. The zero-order valence-electron chi connectivity index (χ0n) is 16.4. The van der Waals surface area contributed by atoms with Crippen molar-refractivity contribution in [2.45, 2.75) is 5.22 Å². The van der Waals surface area contributed by atoms with Crippen molar-refractivity contribution in [3.63, 3.8) is 0 Å². The normalized spacial score (nSPS) is 10.5. The number of Topliss-reactive ketones (excluding diaryl/α,β-unsaturated/α-hetero) is 1. The molecule has 0 amide bonds. The van der Waals surface area contributed by atoms with Crippen LogP contribution < -0.4 is 18.9 Å². The molecule has 8 nitrogen and oxygen atoms in total. The first kappa shape index (κ1) is 20.5. The van der Waals surface area contributed by atoms with Crippen LogP contribution in [-0.2, 0) is 0 Å². The van der Waals surface area contributed by atoms with Gasteiger partial charge in [0.25, 0.3) is 5.22 Å². The molecule has 152 valence electrons. The summed E-state index contributed by atoms with van der Waals surface area (Å²) in [6.45, 7) is 0. The summed E-state index contributed by atoms with van der Waals surface area (Å²) in [4.78, 5) is 12.5. The number of methoxy groups -OCH3 is 4. The molecule has 0 aliphatic carbocycles. The fourth-order valence-corrected chi connectivity index (χ4v) is 3.19. The molecule has 0 saturated heterocycles. The lowest BCUT2D eigenvalue weighted by Crippen LogP contribution is -2.03. The summed E-state index contributed by atoms with van der Waals surface area (Å²) < 4.78 is 26.6. The van der Waals surface area contributed by atoms with E-state index < -0.39 is 0 Å². The molecule has 1 heterocycles. The Bertz CT molecular complexity index is 982. The first-order valence-corrected chi connectivity index (χ1v) is 9.51. The van der Waals surface area contributed by atoms with Crippen LogP contribution in [0, 0.1) is 0 Å². The minimum atomic E-state index is -0.0984. The van der Waals surface area contributed by atoms with Crippen LogP contribution in [0.25, 0.3) is 11.5 Å². The smallest absolute Gasteiger partial charge is 0.277 e. The second-order valence-corrected chi connectivity index (χ2v) is 6.68. The predicted octanol–water partition coefficient (Wildman–Crippen LogP) is 3.75. The number of hydrogen-bond donors (Lipinski definition) is 0. The average molecular weight is 416 g/mol. The molecule has 0 fully saturated rings. The Hall–Kier alpha value is -3.20. The van der Waals surface area contributed by atoms with E-state index in [0.717, 1.165) is 11.8 Å². The van der Waals surface area contributed by atoms with Gasteiger partial charge in [-0.2, -0.15) is 0 Å². The van der Waals surface area contributed by atoms with Gasteiger partial charge < -0.3 is 23.4 Å². The number of carbonyl (C=O) groups is 1. The molecule has 0 unspecified atom stereocenters. The molecular formula is C20H20N2O6S. The van der Waals surface area contributed by atoms with Crippen molar-refractivity contribution in [1.82, 2.24) is 10.2 Å². The van der Waals surface area contributed by atoms with E-state index in [2.05, 4.69) is 10.2 Å². The Morgan fingerprint density at radius 1 is 0.897 bits per heavy atom. The van der Waals surface area contributed by atoms with Crippen molar-refractivity contribution in [2.75, 3.05) is 34.2 Å². The third kappa shape index (κ3) is 4.80. The van der Waals surface area contributed by atoms with Crippen LogP contribution in [0.4, 0.5) is 0 Å². The molecule has 9 heteroatoms. The molecule has 0 aliphatic heterocycles. The number of thioether (sulfide) groups is 1. The Kier molecular flexibility index (Phi) is 6.61. The van der Waals surface area contributed by atoms with Gasteiger partial charge in [-0.1, -0.05) is 11.8 Å². The topological polar surface area (TPSA) is 92.9 Å². The van der Waals surface area contributed by atoms with E-state index in [4.69, 9.17) is 23.4 Å². The molecule has 2 aromatic carbocycles. The second-order valence-electron chi connectivity index (χ2n) is 5.76.